The Kier molecular flexibility index (Phi) is 3.72. The van der Waals surface area contributed by atoms with Gasteiger partial charge in [-0.05, 0) is 48.9 Å². The number of benzene rings is 1. The van der Waals surface area contributed by atoms with Gasteiger partial charge in [0.2, 0.25) is 0 Å². The number of carbonyl (C=O) groups excluding carboxylic acids is 1. The maximum atomic E-state index is 11.4. The van der Waals surface area contributed by atoms with Gasteiger partial charge in [0.15, 0.2) is 6.10 Å². The van der Waals surface area contributed by atoms with Crippen LogP contribution in [-0.4, -0.2) is 18.7 Å². The van der Waals surface area contributed by atoms with Gasteiger partial charge in [0.25, 0.3) is 0 Å². The molecule has 1 aliphatic carbocycles. The summed E-state index contributed by atoms with van der Waals surface area (Å²) in [7, 11) is 0. The summed E-state index contributed by atoms with van der Waals surface area (Å²) in [5.41, 5.74) is 2.84. The first-order valence-corrected chi connectivity index (χ1v) is 7.28. The Balaban J connectivity index is 1.75. The quantitative estimate of drug-likeness (QED) is 0.767. The predicted molar refractivity (Wildman–Crippen MR) is 72.3 cm³/mol. The van der Waals surface area contributed by atoms with Gasteiger partial charge in [-0.3, -0.25) is 0 Å². The first-order valence-electron chi connectivity index (χ1n) is 7.28. The van der Waals surface area contributed by atoms with Gasteiger partial charge in [-0.25, -0.2) is 4.79 Å². The molecule has 0 radical (unpaired) electrons. The van der Waals surface area contributed by atoms with Crippen molar-refractivity contribution in [3.05, 3.63) is 29.3 Å². The molecule has 0 aromatic heterocycles. The van der Waals surface area contributed by atoms with Crippen LogP contribution in [0.1, 0.15) is 43.2 Å². The minimum Gasteiger partial charge on any atom is -0.479 e. The summed E-state index contributed by atoms with van der Waals surface area (Å²) < 4.78 is 10.7. The first-order chi connectivity index (χ1) is 9.33. The Labute approximate surface area is 113 Å². The van der Waals surface area contributed by atoms with Crippen LogP contribution in [-0.2, 0) is 22.4 Å². The molecule has 0 N–H and O–H groups in total. The number of carbonyl (C=O) groups is 1. The molecule has 1 aliphatic heterocycles. The van der Waals surface area contributed by atoms with E-state index in [2.05, 4.69) is 12.1 Å². The molecule has 1 atom stereocenters. The Bertz CT molecular complexity index is 467. The third kappa shape index (κ3) is 2.91. The van der Waals surface area contributed by atoms with Crippen molar-refractivity contribution in [2.75, 3.05) is 6.61 Å². The first kappa shape index (κ1) is 12.5. The van der Waals surface area contributed by atoms with Crippen molar-refractivity contribution in [3.63, 3.8) is 0 Å². The van der Waals surface area contributed by atoms with Crippen molar-refractivity contribution in [1.82, 2.24) is 0 Å². The number of ether oxygens (including phenoxy) is 2. The molecule has 2 aliphatic rings. The van der Waals surface area contributed by atoms with Crippen molar-refractivity contribution in [1.29, 1.82) is 0 Å². The summed E-state index contributed by atoms with van der Waals surface area (Å²) >= 11 is 0. The van der Waals surface area contributed by atoms with Gasteiger partial charge in [-0.1, -0.05) is 18.9 Å². The summed E-state index contributed by atoms with van der Waals surface area (Å²) in [6, 6.07) is 6.27. The van der Waals surface area contributed by atoms with Crippen molar-refractivity contribution >= 4 is 5.97 Å². The lowest BCUT2D eigenvalue weighted by Gasteiger charge is -2.16. The average Bonchev–Trinajstić information content (AvgIpc) is 2.77. The largest absolute Gasteiger partial charge is 0.479 e. The van der Waals surface area contributed by atoms with Gasteiger partial charge in [0.05, 0.1) is 6.61 Å². The molecule has 1 unspecified atom stereocenters. The van der Waals surface area contributed by atoms with E-state index in [1.54, 1.807) is 0 Å². The van der Waals surface area contributed by atoms with Gasteiger partial charge < -0.3 is 9.47 Å². The summed E-state index contributed by atoms with van der Waals surface area (Å²) in [4.78, 5) is 11.4. The maximum absolute atomic E-state index is 11.4. The highest BCUT2D eigenvalue weighted by Gasteiger charge is 2.28. The number of hydrogen-bond donors (Lipinski definition) is 0. The van der Waals surface area contributed by atoms with E-state index in [1.807, 2.05) is 6.07 Å². The summed E-state index contributed by atoms with van der Waals surface area (Å²) in [5, 5.41) is 0. The van der Waals surface area contributed by atoms with E-state index < -0.39 is 6.10 Å². The molecule has 0 bridgehead atoms. The monoisotopic (exact) mass is 260 g/mol. The highest BCUT2D eigenvalue weighted by molar-refractivity contribution is 5.76. The van der Waals surface area contributed by atoms with Gasteiger partial charge >= 0.3 is 5.97 Å². The van der Waals surface area contributed by atoms with Gasteiger partial charge in [0, 0.05) is 6.42 Å². The third-order valence-corrected chi connectivity index (χ3v) is 3.99. The number of fused-ring (bicyclic) bond motifs is 1. The van der Waals surface area contributed by atoms with Crippen LogP contribution in [0.4, 0.5) is 0 Å². The lowest BCUT2D eigenvalue weighted by Crippen LogP contribution is -2.21. The zero-order valence-electron chi connectivity index (χ0n) is 11.2. The Hall–Kier alpha value is -1.51. The van der Waals surface area contributed by atoms with Crippen LogP contribution < -0.4 is 4.74 Å². The van der Waals surface area contributed by atoms with Crippen LogP contribution in [0.5, 0.6) is 5.75 Å². The molecule has 3 heteroatoms. The highest BCUT2D eigenvalue weighted by atomic mass is 16.6. The third-order valence-electron chi connectivity index (χ3n) is 3.99. The van der Waals surface area contributed by atoms with Gasteiger partial charge in [0.1, 0.15) is 5.75 Å². The molecular formula is C16H20O3. The van der Waals surface area contributed by atoms with Crippen molar-refractivity contribution in [3.8, 4) is 5.75 Å². The lowest BCUT2D eigenvalue weighted by atomic mass is 9.93. The van der Waals surface area contributed by atoms with Crippen LogP contribution in [0.15, 0.2) is 18.2 Å². The Morgan fingerprint density at radius 3 is 2.58 bits per heavy atom. The molecule has 1 heterocycles. The van der Waals surface area contributed by atoms with Gasteiger partial charge in [-0.15, -0.1) is 0 Å². The molecular weight excluding hydrogens is 240 g/mol. The Morgan fingerprint density at radius 1 is 1.05 bits per heavy atom. The fourth-order valence-corrected chi connectivity index (χ4v) is 2.89. The molecule has 1 fully saturated rings. The van der Waals surface area contributed by atoms with Crippen molar-refractivity contribution < 1.29 is 14.3 Å². The standard InChI is InChI=1S/C16H20O3/c17-16-15(9-10-18-16)19-14-8-7-12-5-3-1-2-4-6-13(12)11-14/h7-8,11,15H,1-6,9-10H2. The fourth-order valence-electron chi connectivity index (χ4n) is 2.89. The van der Waals surface area contributed by atoms with Crippen molar-refractivity contribution in [2.45, 2.75) is 51.0 Å². The van der Waals surface area contributed by atoms with E-state index in [9.17, 15) is 4.79 Å². The van der Waals surface area contributed by atoms with Crippen molar-refractivity contribution in [2.24, 2.45) is 0 Å². The van der Waals surface area contributed by atoms with E-state index in [0.29, 0.717) is 13.0 Å². The molecule has 3 nitrogen and oxygen atoms in total. The van der Waals surface area contributed by atoms with Crippen LogP contribution in [0, 0.1) is 0 Å². The molecule has 102 valence electrons. The second-order valence-electron chi connectivity index (χ2n) is 5.41. The minimum absolute atomic E-state index is 0.230. The number of rotatable bonds is 2. The highest BCUT2D eigenvalue weighted by Crippen LogP contribution is 2.26. The molecule has 3 rings (SSSR count). The zero-order valence-corrected chi connectivity index (χ0v) is 11.2. The van der Waals surface area contributed by atoms with E-state index in [1.165, 1.54) is 43.2 Å². The molecule has 19 heavy (non-hydrogen) atoms. The molecule has 1 saturated heterocycles. The molecule has 1 aromatic carbocycles. The maximum Gasteiger partial charge on any atom is 0.347 e. The fraction of sp³-hybridized carbons (Fsp3) is 0.562. The molecule has 1 aromatic rings. The van der Waals surface area contributed by atoms with Crippen LogP contribution in [0.25, 0.3) is 0 Å². The summed E-state index contributed by atoms with van der Waals surface area (Å²) in [6.07, 6.45) is 7.74. The average molecular weight is 260 g/mol. The van der Waals surface area contributed by atoms with Crippen LogP contribution in [0.2, 0.25) is 0 Å². The number of cyclic esters (lactones) is 1. The summed E-state index contributed by atoms with van der Waals surface area (Å²) in [5.74, 6) is 0.579. The normalized spacial score (nSPS) is 23.2. The SMILES string of the molecule is O=C1OCCC1Oc1ccc2c(c1)CCCCCC2. The Morgan fingerprint density at radius 2 is 1.84 bits per heavy atom. The lowest BCUT2D eigenvalue weighted by molar-refractivity contribution is -0.143. The number of esters is 1. The predicted octanol–water partition coefficient (Wildman–Crippen LogP) is 3.04. The van der Waals surface area contributed by atoms with E-state index in [4.69, 9.17) is 9.47 Å². The molecule has 0 spiro atoms. The molecule has 0 amide bonds. The van der Waals surface area contributed by atoms with Crippen LogP contribution >= 0.6 is 0 Å². The second kappa shape index (κ2) is 5.64. The van der Waals surface area contributed by atoms with E-state index in [0.717, 1.165) is 12.2 Å². The number of hydrogen-bond acceptors (Lipinski definition) is 3. The summed E-state index contributed by atoms with van der Waals surface area (Å²) in [6.45, 7) is 0.481. The smallest absolute Gasteiger partial charge is 0.347 e. The van der Waals surface area contributed by atoms with E-state index in [-0.39, 0.29) is 5.97 Å². The molecule has 0 saturated carbocycles. The topological polar surface area (TPSA) is 35.5 Å². The van der Waals surface area contributed by atoms with Crippen LogP contribution in [0.3, 0.4) is 0 Å². The number of aryl methyl sites for hydroxylation is 2. The zero-order chi connectivity index (χ0) is 13.1. The van der Waals surface area contributed by atoms with Gasteiger partial charge in [-0.2, -0.15) is 0 Å². The van der Waals surface area contributed by atoms with E-state index >= 15 is 0 Å². The second-order valence-corrected chi connectivity index (χ2v) is 5.41. The minimum atomic E-state index is -0.411.